The van der Waals surface area contributed by atoms with Crippen LogP contribution in [0.15, 0.2) is 42.6 Å². The van der Waals surface area contributed by atoms with Crippen molar-refractivity contribution >= 4 is 28.7 Å². The van der Waals surface area contributed by atoms with Gasteiger partial charge in [-0.3, -0.25) is 14.3 Å². The normalized spacial score (nSPS) is 18.9. The van der Waals surface area contributed by atoms with Gasteiger partial charge in [0.05, 0.1) is 25.3 Å². The summed E-state index contributed by atoms with van der Waals surface area (Å²) in [4.78, 5) is 39.5. The fourth-order valence-electron chi connectivity index (χ4n) is 6.34. The summed E-state index contributed by atoms with van der Waals surface area (Å²) < 4.78 is 18.0. The van der Waals surface area contributed by atoms with Gasteiger partial charge in [-0.25, -0.2) is 9.59 Å². The molecule has 2 aromatic carbocycles. The Labute approximate surface area is 235 Å². The number of Topliss-reactive ketones (excluding diaryl/α,β-unsaturated/α-hetero) is 1. The molecule has 2 fully saturated rings. The summed E-state index contributed by atoms with van der Waals surface area (Å²) in [5, 5.41) is 0.946. The predicted molar refractivity (Wildman–Crippen MR) is 152 cm³/mol. The first-order valence-corrected chi connectivity index (χ1v) is 13.8. The maximum Gasteiger partial charge on any atom is 0.419 e. The average molecular weight is 547 g/mol. The molecule has 1 saturated heterocycles. The summed E-state index contributed by atoms with van der Waals surface area (Å²) >= 11 is 0. The number of fused-ring (bicyclic) bond motifs is 1. The summed E-state index contributed by atoms with van der Waals surface area (Å²) in [5.41, 5.74) is 3.76. The Kier molecular flexibility index (Phi) is 7.25. The minimum Gasteiger partial charge on any atom is -0.496 e. The van der Waals surface area contributed by atoms with Gasteiger partial charge in [-0.05, 0) is 87.9 Å². The fraction of sp³-hybridized carbons (Fsp3) is 0.469. The van der Waals surface area contributed by atoms with E-state index in [2.05, 4.69) is 4.90 Å². The highest BCUT2D eigenvalue weighted by Crippen LogP contribution is 2.53. The van der Waals surface area contributed by atoms with Crippen LogP contribution in [-0.4, -0.2) is 53.7 Å². The lowest BCUT2D eigenvalue weighted by atomic mass is 9.60. The predicted octanol–water partition coefficient (Wildman–Crippen LogP) is 6.21. The molecule has 212 valence electrons. The lowest BCUT2D eigenvalue weighted by molar-refractivity contribution is -0.137. The van der Waals surface area contributed by atoms with E-state index in [0.717, 1.165) is 52.7 Å². The van der Waals surface area contributed by atoms with E-state index < -0.39 is 11.7 Å². The molecule has 1 atom stereocenters. The van der Waals surface area contributed by atoms with Crippen LogP contribution in [0.4, 0.5) is 4.79 Å². The van der Waals surface area contributed by atoms with Crippen LogP contribution in [0.5, 0.6) is 5.75 Å². The van der Waals surface area contributed by atoms with Crippen LogP contribution in [0.25, 0.3) is 10.9 Å². The van der Waals surface area contributed by atoms with Crippen molar-refractivity contribution in [2.45, 2.75) is 71.6 Å². The van der Waals surface area contributed by atoms with E-state index >= 15 is 0 Å². The van der Waals surface area contributed by atoms with Crippen molar-refractivity contribution in [3.63, 3.8) is 0 Å². The number of piperidine rings is 1. The Morgan fingerprint density at radius 1 is 1.07 bits per heavy atom. The van der Waals surface area contributed by atoms with Gasteiger partial charge in [0.1, 0.15) is 17.1 Å². The number of ether oxygens (including phenoxy) is 3. The molecule has 1 saturated carbocycles. The molecule has 2 heterocycles. The quantitative estimate of drug-likeness (QED) is 0.351. The molecular formula is C32H38N2O6. The summed E-state index contributed by atoms with van der Waals surface area (Å²) in [7, 11) is 3.05. The number of likely N-dealkylation sites (tertiary alicyclic amines) is 1. The first-order valence-electron chi connectivity index (χ1n) is 13.8. The molecule has 1 spiro atoms. The number of aryl methyl sites for hydroxylation is 1. The number of aromatic nitrogens is 1. The summed E-state index contributed by atoms with van der Waals surface area (Å²) in [6.07, 6.45) is 4.43. The number of benzene rings is 2. The SMILES string of the molecule is COC(=O)c1ccc([C@@H]2CC3(CCN2Cc2c(OC)cc(C)c4c2ccn4C(=O)OC(C)(C)C)CC(=O)C3)cc1. The number of methoxy groups -OCH3 is 2. The molecule has 0 amide bonds. The number of carbonyl (C=O) groups excluding carboxylic acids is 3. The minimum atomic E-state index is -0.611. The summed E-state index contributed by atoms with van der Waals surface area (Å²) in [6.45, 7) is 8.96. The van der Waals surface area contributed by atoms with E-state index in [1.54, 1.807) is 30.0 Å². The Balaban J connectivity index is 1.52. The minimum absolute atomic E-state index is 0.0337. The average Bonchev–Trinajstić information content (AvgIpc) is 3.35. The number of ketones is 1. The maximum absolute atomic E-state index is 13.1. The highest BCUT2D eigenvalue weighted by atomic mass is 16.6. The number of nitrogens with zero attached hydrogens (tertiary/aromatic N) is 2. The lowest BCUT2D eigenvalue weighted by Crippen LogP contribution is -2.48. The third kappa shape index (κ3) is 5.24. The molecule has 1 aliphatic carbocycles. The number of rotatable bonds is 5. The topological polar surface area (TPSA) is 87.1 Å². The molecule has 8 nitrogen and oxygen atoms in total. The van der Waals surface area contributed by atoms with Gasteiger partial charge in [0.25, 0.3) is 0 Å². The Morgan fingerprint density at radius 2 is 1.77 bits per heavy atom. The molecule has 5 rings (SSSR count). The Morgan fingerprint density at radius 3 is 2.38 bits per heavy atom. The van der Waals surface area contributed by atoms with Crippen molar-refractivity contribution in [3.8, 4) is 5.75 Å². The van der Waals surface area contributed by atoms with Crippen molar-refractivity contribution in [3.05, 3.63) is 64.8 Å². The van der Waals surface area contributed by atoms with E-state index in [1.165, 1.54) is 7.11 Å². The summed E-state index contributed by atoms with van der Waals surface area (Å²) in [5.74, 6) is 0.735. The second-order valence-corrected chi connectivity index (χ2v) is 12.2. The molecule has 1 aromatic heterocycles. The molecule has 2 aliphatic rings. The van der Waals surface area contributed by atoms with E-state index in [0.29, 0.717) is 30.7 Å². The van der Waals surface area contributed by atoms with E-state index in [9.17, 15) is 14.4 Å². The second-order valence-electron chi connectivity index (χ2n) is 12.2. The third-order valence-corrected chi connectivity index (χ3v) is 8.26. The molecule has 0 unspecified atom stereocenters. The van der Waals surface area contributed by atoms with Crippen LogP contribution in [0, 0.1) is 12.3 Å². The van der Waals surface area contributed by atoms with Crippen molar-refractivity contribution in [1.29, 1.82) is 0 Å². The van der Waals surface area contributed by atoms with Gasteiger partial charge < -0.3 is 14.2 Å². The molecule has 1 aliphatic heterocycles. The van der Waals surface area contributed by atoms with Crippen LogP contribution < -0.4 is 4.74 Å². The zero-order chi connectivity index (χ0) is 28.8. The van der Waals surface area contributed by atoms with E-state index in [4.69, 9.17) is 14.2 Å². The Hall–Kier alpha value is -3.65. The molecule has 0 radical (unpaired) electrons. The van der Waals surface area contributed by atoms with Gasteiger partial charge in [0.15, 0.2) is 0 Å². The fourth-order valence-corrected chi connectivity index (χ4v) is 6.34. The number of hydrogen-bond donors (Lipinski definition) is 0. The number of esters is 1. The summed E-state index contributed by atoms with van der Waals surface area (Å²) in [6, 6.07) is 11.6. The monoisotopic (exact) mass is 546 g/mol. The van der Waals surface area contributed by atoms with Gasteiger partial charge in [-0.15, -0.1) is 0 Å². The van der Waals surface area contributed by atoms with Gasteiger partial charge in [0.2, 0.25) is 0 Å². The first kappa shape index (κ1) is 27.9. The second kappa shape index (κ2) is 10.4. The molecule has 0 N–H and O–H groups in total. The van der Waals surface area contributed by atoms with Crippen molar-refractivity contribution in [1.82, 2.24) is 9.47 Å². The van der Waals surface area contributed by atoms with Crippen molar-refractivity contribution in [2.24, 2.45) is 5.41 Å². The van der Waals surface area contributed by atoms with Crippen LogP contribution in [0.3, 0.4) is 0 Å². The third-order valence-electron chi connectivity index (χ3n) is 8.26. The van der Waals surface area contributed by atoms with Crippen molar-refractivity contribution in [2.75, 3.05) is 20.8 Å². The van der Waals surface area contributed by atoms with Gasteiger partial charge in [-0.2, -0.15) is 0 Å². The molecule has 3 aromatic rings. The lowest BCUT2D eigenvalue weighted by Gasteiger charge is -2.51. The van der Waals surface area contributed by atoms with Crippen LogP contribution in [-0.2, 0) is 20.8 Å². The van der Waals surface area contributed by atoms with Gasteiger partial charge >= 0.3 is 12.1 Å². The van der Waals surface area contributed by atoms with Crippen molar-refractivity contribution < 1.29 is 28.6 Å². The maximum atomic E-state index is 13.1. The van der Waals surface area contributed by atoms with Crippen LogP contribution in [0.2, 0.25) is 0 Å². The van der Waals surface area contributed by atoms with E-state index in [1.807, 2.05) is 52.0 Å². The van der Waals surface area contributed by atoms with Gasteiger partial charge in [0, 0.05) is 42.6 Å². The largest absolute Gasteiger partial charge is 0.496 e. The standard InChI is InChI=1S/C32H38N2O6/c1-20-15-27(38-5)25(24-11-13-34(28(20)24)30(37)40-31(2,3)4)19-33-14-12-32(16-23(35)17-32)18-26(33)21-7-9-22(10-8-21)29(36)39-6/h7-11,13,15,26H,12,14,16-19H2,1-6H3/t26-/m0/s1. The molecule has 8 heteroatoms. The Bertz CT molecular complexity index is 1460. The smallest absolute Gasteiger partial charge is 0.419 e. The molecule has 40 heavy (non-hydrogen) atoms. The first-order chi connectivity index (χ1) is 18.9. The van der Waals surface area contributed by atoms with Crippen LogP contribution >= 0.6 is 0 Å². The molecule has 0 bridgehead atoms. The highest BCUT2D eigenvalue weighted by molar-refractivity contribution is 5.95. The number of hydrogen-bond acceptors (Lipinski definition) is 7. The van der Waals surface area contributed by atoms with Crippen LogP contribution in [0.1, 0.15) is 79.5 Å². The van der Waals surface area contributed by atoms with Gasteiger partial charge in [-0.1, -0.05) is 12.1 Å². The number of carbonyl (C=O) groups is 3. The highest BCUT2D eigenvalue weighted by Gasteiger charge is 2.48. The van der Waals surface area contributed by atoms with E-state index in [-0.39, 0.29) is 17.4 Å². The zero-order valence-electron chi connectivity index (χ0n) is 24.2. The zero-order valence-corrected chi connectivity index (χ0v) is 24.2. The molecular weight excluding hydrogens is 508 g/mol.